The van der Waals surface area contributed by atoms with Gasteiger partial charge in [-0.25, -0.2) is 14.4 Å². The van der Waals surface area contributed by atoms with Crippen LogP contribution in [0.4, 0.5) is 15.4 Å². The molecule has 1 aromatic heterocycles. The van der Waals surface area contributed by atoms with Crippen molar-refractivity contribution in [1.82, 2.24) is 24.7 Å². The van der Waals surface area contributed by atoms with Gasteiger partial charge in [0.2, 0.25) is 5.91 Å². The number of aldehydes is 1. The second kappa shape index (κ2) is 14.5. The normalized spacial score (nSPS) is 15.2. The van der Waals surface area contributed by atoms with Crippen molar-refractivity contribution in [2.75, 3.05) is 38.1 Å². The number of rotatable bonds is 9. The Bertz CT molecular complexity index is 1370. The summed E-state index contributed by atoms with van der Waals surface area (Å²) in [6.07, 6.45) is 1.36. The molecule has 1 saturated heterocycles. The zero-order chi connectivity index (χ0) is 32.7. The van der Waals surface area contributed by atoms with Crippen LogP contribution < -0.4 is 16.3 Å². The molecule has 2 aromatic rings. The number of benzene rings is 1. The quantitative estimate of drug-likeness (QED) is 0.324. The van der Waals surface area contributed by atoms with E-state index in [-0.39, 0.29) is 18.3 Å². The van der Waals surface area contributed by atoms with Crippen LogP contribution in [0.1, 0.15) is 54.0 Å². The van der Waals surface area contributed by atoms with Crippen molar-refractivity contribution in [2.45, 2.75) is 66.7 Å². The number of anilines is 1. The van der Waals surface area contributed by atoms with Crippen LogP contribution in [0.5, 0.6) is 0 Å². The van der Waals surface area contributed by atoms with Gasteiger partial charge in [-0.3, -0.25) is 20.0 Å². The van der Waals surface area contributed by atoms with Crippen molar-refractivity contribution < 1.29 is 28.7 Å². The highest BCUT2D eigenvalue weighted by molar-refractivity contribution is 5.88. The average molecular weight is 613 g/mol. The molecule has 0 bridgehead atoms. The van der Waals surface area contributed by atoms with Gasteiger partial charge in [-0.2, -0.15) is 4.98 Å². The van der Waals surface area contributed by atoms with Crippen LogP contribution in [0, 0.1) is 11.3 Å². The molecule has 0 radical (unpaired) electrons. The second-order valence-electron chi connectivity index (χ2n) is 12.9. The predicted molar refractivity (Wildman–Crippen MR) is 165 cm³/mol. The van der Waals surface area contributed by atoms with Gasteiger partial charge >= 0.3 is 17.8 Å². The summed E-state index contributed by atoms with van der Waals surface area (Å²) in [5, 5.41) is 5.41. The van der Waals surface area contributed by atoms with Crippen LogP contribution in [0.25, 0.3) is 5.69 Å². The first kappa shape index (κ1) is 34.2. The molecule has 2 atom stereocenters. The van der Waals surface area contributed by atoms with Crippen LogP contribution in [0.15, 0.2) is 41.3 Å². The van der Waals surface area contributed by atoms with E-state index in [2.05, 4.69) is 15.6 Å². The maximum atomic E-state index is 13.1. The molecule has 13 nitrogen and oxygen atoms in total. The van der Waals surface area contributed by atoms with E-state index < -0.39 is 41.0 Å². The summed E-state index contributed by atoms with van der Waals surface area (Å²) in [6.45, 7) is 14.2. The molecule has 2 N–H and O–H groups in total. The number of urea groups is 1. The molecule has 1 aliphatic rings. The lowest BCUT2D eigenvalue weighted by atomic mass is 9.94. The van der Waals surface area contributed by atoms with Gasteiger partial charge < -0.3 is 24.1 Å². The van der Waals surface area contributed by atoms with Gasteiger partial charge in [-0.1, -0.05) is 39.8 Å². The molecule has 0 spiro atoms. The number of carbonyl (C=O) groups excluding carboxylic acids is 4. The van der Waals surface area contributed by atoms with Crippen LogP contribution in [-0.2, 0) is 25.5 Å². The van der Waals surface area contributed by atoms with Crippen molar-refractivity contribution >= 4 is 30.1 Å². The highest BCUT2D eigenvalue weighted by Crippen LogP contribution is 2.22. The molecule has 3 rings (SSSR count). The smallest absolute Gasteiger partial charge is 0.409 e. The molecule has 4 amide bonds. The average Bonchev–Trinajstić information content (AvgIpc) is 2.94. The first-order valence-electron chi connectivity index (χ1n) is 14.7. The molecule has 0 aliphatic carbocycles. The van der Waals surface area contributed by atoms with Crippen molar-refractivity contribution in [3.63, 3.8) is 0 Å². The van der Waals surface area contributed by atoms with E-state index in [0.29, 0.717) is 38.3 Å². The number of piperazine rings is 1. The van der Waals surface area contributed by atoms with Crippen LogP contribution in [0.3, 0.4) is 0 Å². The van der Waals surface area contributed by atoms with E-state index >= 15 is 0 Å². The van der Waals surface area contributed by atoms with E-state index in [0.717, 1.165) is 11.8 Å². The summed E-state index contributed by atoms with van der Waals surface area (Å²) in [4.78, 5) is 68.8. The van der Waals surface area contributed by atoms with E-state index in [1.54, 1.807) is 61.8 Å². The fourth-order valence-corrected chi connectivity index (χ4v) is 4.42. The summed E-state index contributed by atoms with van der Waals surface area (Å²) in [5.41, 5.74) is -0.236. The fraction of sp³-hybridized carbons (Fsp3) is 0.548. The Morgan fingerprint density at radius 3 is 2.14 bits per heavy atom. The molecule has 1 aromatic carbocycles. The molecule has 0 saturated carbocycles. The third-order valence-corrected chi connectivity index (χ3v) is 6.82. The third kappa shape index (κ3) is 9.90. The van der Waals surface area contributed by atoms with Gasteiger partial charge in [0.05, 0.1) is 18.2 Å². The minimum atomic E-state index is -0.669. The third-order valence-electron chi connectivity index (χ3n) is 6.82. The maximum Gasteiger partial charge on any atom is 0.409 e. The Morgan fingerprint density at radius 1 is 0.977 bits per heavy atom. The van der Waals surface area contributed by atoms with Crippen molar-refractivity contribution in [1.29, 1.82) is 0 Å². The minimum Gasteiger partial charge on any atom is -0.444 e. The summed E-state index contributed by atoms with van der Waals surface area (Å²) >= 11 is 0. The van der Waals surface area contributed by atoms with Gasteiger partial charge in [-0.05, 0) is 44.5 Å². The first-order valence-corrected chi connectivity index (χ1v) is 14.7. The van der Waals surface area contributed by atoms with Gasteiger partial charge in [-0.15, -0.1) is 0 Å². The Morgan fingerprint density at radius 2 is 1.59 bits per heavy atom. The van der Waals surface area contributed by atoms with Gasteiger partial charge in [0.15, 0.2) is 0 Å². The van der Waals surface area contributed by atoms with Crippen molar-refractivity contribution in [2.24, 2.45) is 11.3 Å². The Balaban J connectivity index is 1.50. The molecule has 1 aliphatic heterocycles. The van der Waals surface area contributed by atoms with E-state index in [9.17, 15) is 24.0 Å². The van der Waals surface area contributed by atoms with Crippen molar-refractivity contribution in [3.8, 4) is 5.69 Å². The summed E-state index contributed by atoms with van der Waals surface area (Å²) in [5.74, 6) is -0.469. The largest absolute Gasteiger partial charge is 0.444 e. The number of carbonyl (C=O) groups is 4. The van der Waals surface area contributed by atoms with E-state index in [1.807, 2.05) is 20.8 Å². The standard InChI is InChI=1S/C31H44N6O7/c1-21(20-43-26(30(2,3)4)34-29(42)44-31(5,6)7)25(39)35-15-17-36(18-16-35)27(40)32-24-12-14-37(28(41)33-24)23-10-8-22(9-11-23)13-19-38/h8-12,14,19,21,26H,13,15-18,20H2,1-7H3,(H,34,42)(H,32,33,40,41). The lowest BCUT2D eigenvalue weighted by molar-refractivity contribution is -0.140. The topological polar surface area (TPSA) is 152 Å². The van der Waals surface area contributed by atoms with Gasteiger partial charge in [0.25, 0.3) is 0 Å². The fourth-order valence-electron chi connectivity index (χ4n) is 4.42. The van der Waals surface area contributed by atoms with Crippen LogP contribution in [-0.4, -0.2) is 88.3 Å². The number of ether oxygens (including phenoxy) is 2. The zero-order valence-electron chi connectivity index (χ0n) is 26.6. The number of alkyl carbamates (subject to hydrolysis) is 1. The molecule has 2 unspecified atom stereocenters. The number of aromatic nitrogens is 2. The second-order valence-corrected chi connectivity index (χ2v) is 12.9. The summed E-state index contributed by atoms with van der Waals surface area (Å²) in [7, 11) is 0. The van der Waals surface area contributed by atoms with E-state index in [4.69, 9.17) is 9.47 Å². The predicted octanol–water partition coefficient (Wildman–Crippen LogP) is 3.20. The maximum absolute atomic E-state index is 13.1. The van der Waals surface area contributed by atoms with Crippen LogP contribution >= 0.6 is 0 Å². The highest BCUT2D eigenvalue weighted by atomic mass is 16.6. The minimum absolute atomic E-state index is 0.0946. The Hall–Kier alpha value is -4.26. The number of hydrogen-bond donors (Lipinski definition) is 2. The molecule has 1 fully saturated rings. The number of hydrogen-bond acceptors (Lipinski definition) is 8. The zero-order valence-corrected chi connectivity index (χ0v) is 26.6. The Kier molecular flexibility index (Phi) is 11.3. The Labute approximate surface area is 257 Å². The van der Waals surface area contributed by atoms with Crippen LogP contribution in [0.2, 0.25) is 0 Å². The molecule has 240 valence electrons. The monoisotopic (exact) mass is 612 g/mol. The summed E-state index contributed by atoms with van der Waals surface area (Å²) in [6, 6.07) is 8.07. The first-order chi connectivity index (χ1) is 20.6. The molecular weight excluding hydrogens is 568 g/mol. The van der Waals surface area contributed by atoms with E-state index in [1.165, 1.54) is 16.8 Å². The SMILES string of the molecule is CC(COC(NC(=O)OC(C)(C)C)C(C)(C)C)C(=O)N1CCN(C(=O)Nc2ccn(-c3ccc(CC=O)cc3)c(=O)n2)CC1. The van der Waals surface area contributed by atoms with Gasteiger partial charge in [0, 0.05) is 44.2 Å². The van der Waals surface area contributed by atoms with Crippen molar-refractivity contribution in [3.05, 3.63) is 52.6 Å². The molecule has 44 heavy (non-hydrogen) atoms. The number of nitrogens with one attached hydrogen (secondary N) is 2. The summed E-state index contributed by atoms with van der Waals surface area (Å²) < 4.78 is 12.7. The number of amides is 4. The lowest BCUT2D eigenvalue weighted by Crippen LogP contribution is -2.53. The van der Waals surface area contributed by atoms with Gasteiger partial charge in [0.1, 0.15) is 23.9 Å². The molecular formula is C31H44N6O7. The molecule has 13 heteroatoms. The highest BCUT2D eigenvalue weighted by Gasteiger charge is 2.32. The number of nitrogens with zero attached hydrogens (tertiary/aromatic N) is 4. The molecule has 2 heterocycles. The lowest BCUT2D eigenvalue weighted by Gasteiger charge is -2.36.